The Bertz CT molecular complexity index is 964. The number of aryl methyl sites for hydroxylation is 1. The van der Waals surface area contributed by atoms with Gasteiger partial charge in [-0.2, -0.15) is 0 Å². The van der Waals surface area contributed by atoms with Crippen molar-refractivity contribution in [3.63, 3.8) is 0 Å². The smallest absolute Gasteiger partial charge is 0.335 e. The van der Waals surface area contributed by atoms with Crippen molar-refractivity contribution in [1.29, 1.82) is 0 Å². The number of hydrogen-bond acceptors (Lipinski definition) is 4. The summed E-state index contributed by atoms with van der Waals surface area (Å²) in [5, 5.41) is 0. The molecule has 0 radical (unpaired) electrons. The largest absolute Gasteiger partial charge is 0.372 e. The van der Waals surface area contributed by atoms with Gasteiger partial charge in [0.2, 0.25) is 0 Å². The molecule has 0 spiro atoms. The van der Waals surface area contributed by atoms with Crippen LogP contribution in [0.25, 0.3) is 0 Å². The van der Waals surface area contributed by atoms with E-state index in [0.717, 1.165) is 36.3 Å². The number of hydrogen-bond donors (Lipinski definition) is 1. The lowest BCUT2D eigenvalue weighted by molar-refractivity contribution is 0.251. The lowest BCUT2D eigenvalue weighted by Crippen LogP contribution is -2.42. The molecule has 0 bridgehead atoms. The lowest BCUT2D eigenvalue weighted by Gasteiger charge is -2.21. The summed E-state index contributed by atoms with van der Waals surface area (Å²) in [5.41, 5.74) is 4.01. The van der Waals surface area contributed by atoms with Crippen LogP contribution in [0.3, 0.4) is 0 Å². The zero-order valence-corrected chi connectivity index (χ0v) is 16.1. The third kappa shape index (κ3) is 3.51. The molecule has 1 fully saturated rings. The number of sulfonamides is 1. The SMILES string of the molecule is Cc1ccc(S(=O)(=O)NC(=O)N2CCc3cc(N4CCCC4)ccc32)cc1. The second kappa shape index (κ2) is 6.88. The molecule has 27 heavy (non-hydrogen) atoms. The van der Waals surface area contributed by atoms with E-state index in [1.807, 2.05) is 19.1 Å². The van der Waals surface area contributed by atoms with E-state index in [1.54, 1.807) is 12.1 Å². The highest BCUT2D eigenvalue weighted by Crippen LogP contribution is 2.33. The van der Waals surface area contributed by atoms with E-state index in [4.69, 9.17) is 0 Å². The highest BCUT2D eigenvalue weighted by molar-refractivity contribution is 7.90. The number of carbonyl (C=O) groups excluding carboxylic acids is 1. The molecule has 2 aromatic rings. The Balaban J connectivity index is 1.52. The predicted molar refractivity (Wildman–Crippen MR) is 106 cm³/mol. The van der Waals surface area contributed by atoms with Crippen LogP contribution in [0.4, 0.5) is 16.2 Å². The van der Waals surface area contributed by atoms with Crippen molar-refractivity contribution in [1.82, 2.24) is 4.72 Å². The Morgan fingerprint density at radius 1 is 1.00 bits per heavy atom. The number of anilines is 2. The van der Waals surface area contributed by atoms with Gasteiger partial charge in [0.1, 0.15) is 0 Å². The molecule has 2 heterocycles. The predicted octanol–water partition coefficient (Wildman–Crippen LogP) is 3.06. The van der Waals surface area contributed by atoms with Crippen molar-refractivity contribution in [2.24, 2.45) is 0 Å². The molecule has 0 saturated carbocycles. The summed E-state index contributed by atoms with van der Waals surface area (Å²) in [6.45, 7) is 4.50. The maximum Gasteiger partial charge on any atom is 0.335 e. The zero-order valence-electron chi connectivity index (χ0n) is 15.3. The molecule has 2 aliphatic rings. The first-order chi connectivity index (χ1) is 12.9. The van der Waals surface area contributed by atoms with E-state index < -0.39 is 16.1 Å². The number of nitrogens with one attached hydrogen (secondary N) is 1. The second-order valence-electron chi connectivity index (χ2n) is 7.13. The number of rotatable bonds is 3. The van der Waals surface area contributed by atoms with Gasteiger partial charge in [0.25, 0.3) is 10.0 Å². The Morgan fingerprint density at radius 3 is 2.41 bits per heavy atom. The fourth-order valence-electron chi connectivity index (χ4n) is 3.72. The average Bonchev–Trinajstić information content (AvgIpc) is 3.31. The second-order valence-corrected chi connectivity index (χ2v) is 8.81. The maximum atomic E-state index is 12.6. The summed E-state index contributed by atoms with van der Waals surface area (Å²) in [5.74, 6) is 0. The van der Waals surface area contributed by atoms with Crippen molar-refractivity contribution in [2.75, 3.05) is 29.4 Å². The standard InChI is InChI=1S/C20H23N3O3S/c1-15-4-7-18(8-5-15)27(25,26)21-20(24)23-13-10-16-14-17(6-9-19(16)23)22-11-2-3-12-22/h4-9,14H,2-3,10-13H2,1H3,(H,21,24). The molecule has 4 rings (SSSR count). The first kappa shape index (κ1) is 17.9. The highest BCUT2D eigenvalue weighted by atomic mass is 32.2. The van der Waals surface area contributed by atoms with Gasteiger partial charge < -0.3 is 4.90 Å². The van der Waals surface area contributed by atoms with E-state index in [2.05, 4.69) is 15.7 Å². The summed E-state index contributed by atoms with van der Waals surface area (Å²) in [6.07, 6.45) is 3.15. The van der Waals surface area contributed by atoms with Crippen LogP contribution in [-0.4, -0.2) is 34.1 Å². The summed E-state index contributed by atoms with van der Waals surface area (Å²) in [7, 11) is -3.89. The minimum atomic E-state index is -3.89. The maximum absolute atomic E-state index is 12.6. The zero-order chi connectivity index (χ0) is 19.0. The van der Waals surface area contributed by atoms with Gasteiger partial charge in [-0.25, -0.2) is 17.9 Å². The van der Waals surface area contributed by atoms with Crippen molar-refractivity contribution in [2.45, 2.75) is 31.1 Å². The molecule has 0 aliphatic carbocycles. The molecule has 2 aliphatic heterocycles. The third-order valence-electron chi connectivity index (χ3n) is 5.23. The fraction of sp³-hybridized carbons (Fsp3) is 0.350. The van der Waals surface area contributed by atoms with E-state index in [-0.39, 0.29) is 4.90 Å². The quantitative estimate of drug-likeness (QED) is 0.882. The topological polar surface area (TPSA) is 69.7 Å². The molecule has 0 aromatic heterocycles. The number of carbonyl (C=O) groups is 1. The molecule has 142 valence electrons. The number of amides is 2. The normalized spacial score (nSPS) is 16.5. The molecule has 2 aromatic carbocycles. The molecule has 1 saturated heterocycles. The molecule has 0 unspecified atom stereocenters. The van der Waals surface area contributed by atoms with Gasteiger partial charge in [0, 0.05) is 31.0 Å². The van der Waals surface area contributed by atoms with Gasteiger partial charge in [0.05, 0.1) is 4.90 Å². The van der Waals surface area contributed by atoms with Gasteiger partial charge in [-0.15, -0.1) is 0 Å². The number of nitrogens with zero attached hydrogens (tertiary/aromatic N) is 2. The van der Waals surface area contributed by atoms with Crippen LogP contribution in [0, 0.1) is 6.92 Å². The monoisotopic (exact) mass is 385 g/mol. The van der Waals surface area contributed by atoms with E-state index in [0.29, 0.717) is 6.54 Å². The van der Waals surface area contributed by atoms with Crippen molar-refractivity contribution in [3.8, 4) is 0 Å². The lowest BCUT2D eigenvalue weighted by atomic mass is 10.1. The van der Waals surface area contributed by atoms with Crippen LogP contribution in [0.2, 0.25) is 0 Å². The summed E-state index contributed by atoms with van der Waals surface area (Å²) < 4.78 is 27.2. The van der Waals surface area contributed by atoms with Crippen LogP contribution in [0.15, 0.2) is 47.4 Å². The first-order valence-corrected chi connectivity index (χ1v) is 10.7. The molecule has 7 heteroatoms. The summed E-state index contributed by atoms with van der Waals surface area (Å²) in [6, 6.07) is 11.9. The van der Waals surface area contributed by atoms with E-state index in [9.17, 15) is 13.2 Å². The Kier molecular flexibility index (Phi) is 4.55. The van der Waals surface area contributed by atoms with Crippen molar-refractivity contribution in [3.05, 3.63) is 53.6 Å². The molecule has 0 atom stereocenters. The van der Waals surface area contributed by atoms with Gasteiger partial charge in [0.15, 0.2) is 0 Å². The molecule has 1 N–H and O–H groups in total. The Labute approximate surface area is 159 Å². The first-order valence-electron chi connectivity index (χ1n) is 9.23. The van der Waals surface area contributed by atoms with E-state index in [1.165, 1.54) is 35.6 Å². The number of benzene rings is 2. The van der Waals surface area contributed by atoms with Crippen LogP contribution < -0.4 is 14.5 Å². The Hall–Kier alpha value is -2.54. The third-order valence-corrected chi connectivity index (χ3v) is 6.56. The van der Waals surface area contributed by atoms with Crippen molar-refractivity contribution >= 4 is 27.4 Å². The van der Waals surface area contributed by atoms with Gasteiger partial charge in [-0.1, -0.05) is 17.7 Å². The van der Waals surface area contributed by atoms with Crippen molar-refractivity contribution < 1.29 is 13.2 Å². The summed E-state index contributed by atoms with van der Waals surface area (Å²) >= 11 is 0. The number of urea groups is 1. The van der Waals surface area contributed by atoms with Gasteiger partial charge in [-0.3, -0.25) is 4.90 Å². The minimum absolute atomic E-state index is 0.0882. The number of fused-ring (bicyclic) bond motifs is 1. The molecular weight excluding hydrogens is 362 g/mol. The molecule has 2 amide bonds. The van der Waals surface area contributed by atoms with Crippen LogP contribution in [0.5, 0.6) is 0 Å². The van der Waals surface area contributed by atoms with Gasteiger partial charge in [-0.05, 0) is 62.1 Å². The fourth-order valence-corrected chi connectivity index (χ4v) is 4.67. The molecule has 6 nitrogen and oxygen atoms in total. The highest BCUT2D eigenvalue weighted by Gasteiger charge is 2.29. The summed E-state index contributed by atoms with van der Waals surface area (Å²) in [4.78, 5) is 16.6. The average molecular weight is 385 g/mol. The van der Waals surface area contributed by atoms with E-state index >= 15 is 0 Å². The van der Waals surface area contributed by atoms with Crippen LogP contribution in [-0.2, 0) is 16.4 Å². The molecular formula is C20H23N3O3S. The van der Waals surface area contributed by atoms with Crippen LogP contribution in [0.1, 0.15) is 24.0 Å². The Morgan fingerprint density at radius 2 is 1.70 bits per heavy atom. The minimum Gasteiger partial charge on any atom is -0.372 e. The van der Waals surface area contributed by atoms with Crippen LogP contribution >= 0.6 is 0 Å². The van der Waals surface area contributed by atoms with Gasteiger partial charge >= 0.3 is 6.03 Å².